The minimum atomic E-state index is 0.0611. The van der Waals surface area contributed by atoms with E-state index in [-0.39, 0.29) is 23.9 Å². The van der Waals surface area contributed by atoms with Crippen LogP contribution in [-0.4, -0.2) is 18.0 Å². The fourth-order valence-electron chi connectivity index (χ4n) is 3.37. The van der Waals surface area contributed by atoms with Gasteiger partial charge >= 0.3 is 0 Å². The quantitative estimate of drug-likeness (QED) is 0.707. The van der Waals surface area contributed by atoms with E-state index < -0.39 is 0 Å². The summed E-state index contributed by atoms with van der Waals surface area (Å²) in [5, 5.41) is 3.05. The van der Waals surface area contributed by atoms with Crippen LogP contribution >= 0.6 is 0 Å². The summed E-state index contributed by atoms with van der Waals surface area (Å²) in [6.45, 7) is 5.69. The third kappa shape index (κ3) is 2.01. The summed E-state index contributed by atoms with van der Waals surface area (Å²) in [5.41, 5.74) is 6.13. The predicted molar refractivity (Wildman–Crippen MR) is 64.7 cm³/mol. The summed E-state index contributed by atoms with van der Waals surface area (Å²) in [6, 6.07) is 0.269. The van der Waals surface area contributed by atoms with Crippen LogP contribution in [0.3, 0.4) is 0 Å². The van der Waals surface area contributed by atoms with Gasteiger partial charge in [-0.1, -0.05) is 6.08 Å². The van der Waals surface area contributed by atoms with Gasteiger partial charge in [-0.15, -0.1) is 6.58 Å². The molecule has 90 valence electrons. The summed E-state index contributed by atoms with van der Waals surface area (Å²) in [5.74, 6) is 1.35. The number of hydrogen-bond donors (Lipinski definition) is 2. The van der Waals surface area contributed by atoms with Crippen LogP contribution in [0.5, 0.6) is 0 Å². The number of carbonyl (C=O) groups excluding carboxylic acids is 1. The van der Waals surface area contributed by atoms with Crippen molar-refractivity contribution in [3.63, 3.8) is 0 Å². The Hall–Kier alpha value is -0.830. The molecule has 3 N–H and O–H groups in total. The Kier molecular flexibility index (Phi) is 3.33. The number of carbonyl (C=O) groups is 1. The van der Waals surface area contributed by atoms with Gasteiger partial charge in [0.1, 0.15) is 0 Å². The first-order chi connectivity index (χ1) is 7.63. The monoisotopic (exact) mass is 222 g/mol. The normalized spacial score (nSPS) is 38.4. The Morgan fingerprint density at radius 1 is 1.56 bits per heavy atom. The molecule has 16 heavy (non-hydrogen) atoms. The first-order valence-electron chi connectivity index (χ1n) is 6.30. The lowest BCUT2D eigenvalue weighted by atomic mass is 9.84. The molecule has 3 nitrogen and oxygen atoms in total. The highest BCUT2D eigenvalue weighted by atomic mass is 16.2. The standard InChI is InChI=1S/C13H22N2O/c1-3-4-8(2)15-13(16)11-9-5-6-10(7-9)12(11)14/h3,8-12H,1,4-7,14H2,2H3,(H,15,16). The van der Waals surface area contributed by atoms with Crippen molar-refractivity contribution in [1.29, 1.82) is 0 Å². The zero-order valence-corrected chi connectivity index (χ0v) is 9.99. The summed E-state index contributed by atoms with van der Waals surface area (Å²) in [7, 11) is 0. The molecule has 5 atom stereocenters. The van der Waals surface area contributed by atoms with Crippen molar-refractivity contribution in [2.45, 2.75) is 44.7 Å². The minimum Gasteiger partial charge on any atom is -0.353 e. The Morgan fingerprint density at radius 3 is 2.81 bits per heavy atom. The van der Waals surface area contributed by atoms with E-state index in [0.717, 1.165) is 12.8 Å². The molecule has 5 unspecified atom stereocenters. The van der Waals surface area contributed by atoms with E-state index in [1.807, 2.05) is 13.0 Å². The maximum atomic E-state index is 12.1. The summed E-state index contributed by atoms with van der Waals surface area (Å²) >= 11 is 0. The van der Waals surface area contributed by atoms with Gasteiger partial charge in [0, 0.05) is 12.1 Å². The van der Waals surface area contributed by atoms with E-state index in [1.54, 1.807) is 0 Å². The summed E-state index contributed by atoms with van der Waals surface area (Å²) < 4.78 is 0. The smallest absolute Gasteiger partial charge is 0.225 e. The Morgan fingerprint density at radius 2 is 2.25 bits per heavy atom. The highest BCUT2D eigenvalue weighted by molar-refractivity contribution is 5.80. The van der Waals surface area contributed by atoms with Crippen molar-refractivity contribution in [1.82, 2.24) is 5.32 Å². The third-order valence-electron chi connectivity index (χ3n) is 4.19. The molecule has 0 radical (unpaired) electrons. The predicted octanol–water partition coefficient (Wildman–Crippen LogP) is 1.44. The average Bonchev–Trinajstić information content (AvgIpc) is 2.77. The second-order valence-electron chi connectivity index (χ2n) is 5.37. The maximum Gasteiger partial charge on any atom is 0.225 e. The molecule has 2 bridgehead atoms. The molecule has 3 heteroatoms. The Balaban J connectivity index is 1.92. The maximum absolute atomic E-state index is 12.1. The van der Waals surface area contributed by atoms with Crippen LogP contribution < -0.4 is 11.1 Å². The topological polar surface area (TPSA) is 55.1 Å². The fraction of sp³-hybridized carbons (Fsp3) is 0.769. The van der Waals surface area contributed by atoms with Crippen molar-refractivity contribution in [3.8, 4) is 0 Å². The van der Waals surface area contributed by atoms with E-state index >= 15 is 0 Å². The van der Waals surface area contributed by atoms with Gasteiger partial charge in [0.2, 0.25) is 5.91 Å². The first-order valence-corrected chi connectivity index (χ1v) is 6.30. The first kappa shape index (κ1) is 11.6. The highest BCUT2D eigenvalue weighted by Crippen LogP contribution is 2.47. The van der Waals surface area contributed by atoms with Crippen molar-refractivity contribution in [2.75, 3.05) is 0 Å². The van der Waals surface area contributed by atoms with Gasteiger partial charge in [-0.2, -0.15) is 0 Å². The van der Waals surface area contributed by atoms with Gasteiger partial charge in [-0.3, -0.25) is 4.79 Å². The van der Waals surface area contributed by atoms with Crippen LogP contribution in [0.25, 0.3) is 0 Å². The van der Waals surface area contributed by atoms with Gasteiger partial charge in [0.25, 0.3) is 0 Å². The number of rotatable bonds is 4. The molecule has 0 aliphatic heterocycles. The third-order valence-corrected chi connectivity index (χ3v) is 4.19. The van der Waals surface area contributed by atoms with Crippen LogP contribution in [0, 0.1) is 17.8 Å². The second-order valence-corrected chi connectivity index (χ2v) is 5.37. The molecule has 0 aromatic heterocycles. The van der Waals surface area contributed by atoms with Gasteiger partial charge in [0.15, 0.2) is 0 Å². The number of nitrogens with two attached hydrogens (primary N) is 1. The van der Waals surface area contributed by atoms with Crippen molar-refractivity contribution in [3.05, 3.63) is 12.7 Å². The SMILES string of the molecule is C=CCC(C)NC(=O)C1C2CCC(C2)C1N. The molecule has 0 heterocycles. The Bertz CT molecular complexity index is 288. The zero-order chi connectivity index (χ0) is 11.7. The van der Waals surface area contributed by atoms with E-state index in [4.69, 9.17) is 5.73 Å². The van der Waals surface area contributed by atoms with E-state index in [9.17, 15) is 4.79 Å². The molecule has 2 aliphatic carbocycles. The van der Waals surface area contributed by atoms with Crippen molar-refractivity contribution < 1.29 is 4.79 Å². The van der Waals surface area contributed by atoms with Gasteiger partial charge in [-0.25, -0.2) is 0 Å². The van der Waals surface area contributed by atoms with Crippen LogP contribution in [0.1, 0.15) is 32.6 Å². The molecule has 0 aromatic rings. The molecule has 0 aromatic carbocycles. The molecule has 1 amide bonds. The number of amides is 1. The van der Waals surface area contributed by atoms with E-state index in [1.165, 1.54) is 12.8 Å². The molecular formula is C13H22N2O. The van der Waals surface area contributed by atoms with Crippen LogP contribution in [0.4, 0.5) is 0 Å². The lowest BCUT2D eigenvalue weighted by molar-refractivity contribution is -0.127. The second kappa shape index (κ2) is 4.58. The summed E-state index contributed by atoms with van der Waals surface area (Å²) in [4.78, 5) is 12.1. The highest BCUT2D eigenvalue weighted by Gasteiger charge is 2.49. The van der Waals surface area contributed by atoms with Gasteiger partial charge in [0.05, 0.1) is 5.92 Å². The Labute approximate surface area is 97.5 Å². The molecule has 2 aliphatic rings. The molecule has 2 rings (SSSR count). The van der Waals surface area contributed by atoms with Gasteiger partial charge in [-0.05, 0) is 44.4 Å². The molecular weight excluding hydrogens is 200 g/mol. The fourth-order valence-corrected chi connectivity index (χ4v) is 3.37. The van der Waals surface area contributed by atoms with Crippen LogP contribution in [0.15, 0.2) is 12.7 Å². The largest absolute Gasteiger partial charge is 0.353 e. The molecule has 2 saturated carbocycles. The van der Waals surface area contributed by atoms with Crippen LogP contribution in [0.2, 0.25) is 0 Å². The lowest BCUT2D eigenvalue weighted by Gasteiger charge is -2.28. The van der Waals surface area contributed by atoms with Crippen molar-refractivity contribution in [2.24, 2.45) is 23.5 Å². The number of fused-ring (bicyclic) bond motifs is 2. The molecule has 2 fully saturated rings. The molecule has 0 spiro atoms. The minimum absolute atomic E-state index is 0.0611. The van der Waals surface area contributed by atoms with Crippen LogP contribution in [-0.2, 0) is 4.79 Å². The number of hydrogen-bond acceptors (Lipinski definition) is 2. The van der Waals surface area contributed by atoms with Gasteiger partial charge < -0.3 is 11.1 Å². The van der Waals surface area contributed by atoms with E-state index in [2.05, 4.69) is 11.9 Å². The van der Waals surface area contributed by atoms with E-state index in [0.29, 0.717) is 11.8 Å². The molecule has 0 saturated heterocycles. The summed E-state index contributed by atoms with van der Waals surface area (Å²) in [6.07, 6.45) is 6.23. The average molecular weight is 222 g/mol. The van der Waals surface area contributed by atoms with Crippen molar-refractivity contribution >= 4 is 5.91 Å². The lowest BCUT2D eigenvalue weighted by Crippen LogP contribution is -2.47. The number of nitrogens with one attached hydrogen (secondary N) is 1. The zero-order valence-electron chi connectivity index (χ0n) is 9.99.